The molecule has 0 aliphatic heterocycles. The maximum Gasteiger partial charge on any atom is 0.122 e. The minimum absolute atomic E-state index is 0.000694. The van der Waals surface area contributed by atoms with Crippen LogP contribution in [0.2, 0.25) is 0 Å². The van der Waals surface area contributed by atoms with Gasteiger partial charge < -0.3 is 0 Å². The molecule has 0 aliphatic rings. The number of nitrogens with one attached hydrogen (secondary N) is 1. The number of aliphatic imine (C=N–C) groups is 1. The van der Waals surface area contributed by atoms with Crippen LogP contribution >= 0.6 is 11.6 Å². The summed E-state index contributed by atoms with van der Waals surface area (Å²) in [6, 6.07) is 0. The largest absolute Gasteiger partial charge is 0.289 e. The molecule has 0 aliphatic carbocycles. The number of hydrogen-bond donors (Lipinski definition) is 1. The molecule has 0 spiro atoms. The van der Waals surface area contributed by atoms with Crippen molar-refractivity contribution < 1.29 is 0 Å². The van der Waals surface area contributed by atoms with Crippen LogP contribution in [0, 0.1) is 5.41 Å². The molecular weight excluding hydrogens is 136 g/mol. The fourth-order valence-electron chi connectivity index (χ4n) is 0.406. The summed E-state index contributed by atoms with van der Waals surface area (Å²) in [7, 11) is 0. The molecule has 0 saturated carbocycles. The zero-order chi connectivity index (χ0) is 7.28. The number of nitrogens with zero attached hydrogens (tertiary/aromatic N) is 1. The lowest BCUT2D eigenvalue weighted by atomic mass is 10.3. The SMILES string of the molecule is C=N/C(=C/C(=N)Cl)CC. The predicted octanol–water partition coefficient (Wildman–Crippen LogP) is 2.20. The van der Waals surface area contributed by atoms with Crippen LogP contribution in [0.3, 0.4) is 0 Å². The Morgan fingerprint density at radius 3 is 2.56 bits per heavy atom. The van der Waals surface area contributed by atoms with E-state index >= 15 is 0 Å². The van der Waals surface area contributed by atoms with E-state index in [-0.39, 0.29) is 5.17 Å². The maximum absolute atomic E-state index is 6.83. The second-order valence-corrected chi connectivity index (χ2v) is 1.90. The van der Waals surface area contributed by atoms with Crippen LogP contribution in [-0.4, -0.2) is 11.9 Å². The predicted molar refractivity (Wildman–Crippen MR) is 41.5 cm³/mol. The first-order chi connectivity index (χ1) is 4.20. The highest BCUT2D eigenvalue weighted by Gasteiger charge is 1.88. The van der Waals surface area contributed by atoms with E-state index in [9.17, 15) is 0 Å². The Morgan fingerprint density at radius 1 is 1.89 bits per heavy atom. The lowest BCUT2D eigenvalue weighted by Gasteiger charge is -1.90. The van der Waals surface area contributed by atoms with Gasteiger partial charge in [-0.3, -0.25) is 10.4 Å². The van der Waals surface area contributed by atoms with Gasteiger partial charge in [-0.25, -0.2) is 0 Å². The van der Waals surface area contributed by atoms with Crippen molar-refractivity contribution >= 4 is 23.5 Å². The molecule has 0 atom stereocenters. The van der Waals surface area contributed by atoms with Crippen molar-refractivity contribution in [1.29, 1.82) is 5.41 Å². The summed E-state index contributed by atoms with van der Waals surface area (Å²) in [5, 5.41) is 6.83. The van der Waals surface area contributed by atoms with Gasteiger partial charge >= 0.3 is 0 Å². The molecule has 0 bridgehead atoms. The first-order valence-electron chi connectivity index (χ1n) is 2.62. The van der Waals surface area contributed by atoms with E-state index in [1.165, 1.54) is 6.08 Å². The monoisotopic (exact) mass is 144 g/mol. The zero-order valence-electron chi connectivity index (χ0n) is 5.32. The van der Waals surface area contributed by atoms with Crippen LogP contribution in [0.1, 0.15) is 13.3 Å². The molecule has 0 rings (SSSR count). The molecule has 0 amide bonds. The molecule has 50 valence electrons. The van der Waals surface area contributed by atoms with E-state index in [1.807, 2.05) is 6.92 Å². The highest BCUT2D eigenvalue weighted by Crippen LogP contribution is 2.01. The van der Waals surface area contributed by atoms with E-state index in [4.69, 9.17) is 17.0 Å². The second-order valence-electron chi connectivity index (χ2n) is 1.50. The third kappa shape index (κ3) is 3.91. The normalized spacial score (nSPS) is 11.1. The summed E-state index contributed by atoms with van der Waals surface area (Å²) < 4.78 is 0. The van der Waals surface area contributed by atoms with E-state index in [2.05, 4.69) is 11.7 Å². The molecular formula is C6H9ClN2. The highest BCUT2D eigenvalue weighted by atomic mass is 35.5. The molecule has 0 heterocycles. The van der Waals surface area contributed by atoms with Crippen LogP contribution < -0.4 is 0 Å². The van der Waals surface area contributed by atoms with E-state index < -0.39 is 0 Å². The molecule has 3 heteroatoms. The van der Waals surface area contributed by atoms with Crippen LogP contribution in [-0.2, 0) is 0 Å². The van der Waals surface area contributed by atoms with Gasteiger partial charge in [-0.15, -0.1) is 0 Å². The maximum atomic E-state index is 6.83. The fraction of sp³-hybridized carbons (Fsp3) is 0.333. The molecule has 1 N–H and O–H groups in total. The van der Waals surface area contributed by atoms with E-state index in [1.54, 1.807) is 0 Å². The second kappa shape index (κ2) is 4.27. The first kappa shape index (κ1) is 8.37. The van der Waals surface area contributed by atoms with Gasteiger partial charge in [0.25, 0.3) is 0 Å². The first-order valence-corrected chi connectivity index (χ1v) is 2.99. The lowest BCUT2D eigenvalue weighted by molar-refractivity contribution is 1.08. The Hall–Kier alpha value is -0.630. The quantitative estimate of drug-likeness (QED) is 0.590. The van der Waals surface area contributed by atoms with Crippen molar-refractivity contribution in [3.05, 3.63) is 11.8 Å². The van der Waals surface area contributed by atoms with Crippen LogP contribution in [0.25, 0.3) is 0 Å². The zero-order valence-corrected chi connectivity index (χ0v) is 6.07. The fourth-order valence-corrected chi connectivity index (χ4v) is 0.532. The van der Waals surface area contributed by atoms with Crippen LogP contribution in [0.5, 0.6) is 0 Å². The summed E-state index contributed by atoms with van der Waals surface area (Å²) >= 11 is 5.25. The number of rotatable bonds is 3. The Kier molecular flexibility index (Phi) is 3.97. The van der Waals surface area contributed by atoms with Gasteiger partial charge in [0.2, 0.25) is 0 Å². The van der Waals surface area contributed by atoms with Crippen molar-refractivity contribution in [3.8, 4) is 0 Å². The van der Waals surface area contributed by atoms with Gasteiger partial charge in [-0.1, -0.05) is 18.5 Å². The van der Waals surface area contributed by atoms with Crippen molar-refractivity contribution in [2.45, 2.75) is 13.3 Å². The average Bonchev–Trinajstić information content (AvgIpc) is 1.82. The molecule has 0 aromatic heterocycles. The molecule has 0 aromatic rings. The van der Waals surface area contributed by atoms with Crippen molar-refractivity contribution in [1.82, 2.24) is 0 Å². The number of halogens is 1. The van der Waals surface area contributed by atoms with Gasteiger partial charge in [0.1, 0.15) is 5.17 Å². The molecule has 9 heavy (non-hydrogen) atoms. The Balaban J connectivity index is 4.07. The molecule has 0 radical (unpaired) electrons. The van der Waals surface area contributed by atoms with Gasteiger partial charge in [-0.2, -0.15) is 0 Å². The summed E-state index contributed by atoms with van der Waals surface area (Å²) in [6.45, 7) is 5.24. The summed E-state index contributed by atoms with van der Waals surface area (Å²) in [5.74, 6) is 0. The summed E-state index contributed by atoms with van der Waals surface area (Å²) in [4.78, 5) is 3.63. The third-order valence-corrected chi connectivity index (χ3v) is 0.968. The molecule has 0 unspecified atom stereocenters. The Labute approximate surface area is 59.8 Å². The number of hydrogen-bond acceptors (Lipinski definition) is 2. The summed E-state index contributed by atoms with van der Waals surface area (Å²) in [5.41, 5.74) is 0.745. The number of allylic oxidation sites excluding steroid dienone is 2. The topological polar surface area (TPSA) is 36.2 Å². The standard InChI is InChI=1S/C6H9ClN2/c1-3-5(9-2)4-6(7)8/h4,8H,2-3H2,1H3/b5-4+,8-6?. The van der Waals surface area contributed by atoms with Crippen LogP contribution in [0.15, 0.2) is 16.8 Å². The highest BCUT2D eigenvalue weighted by molar-refractivity contribution is 6.67. The minimum atomic E-state index is -0.000694. The molecule has 0 fully saturated rings. The van der Waals surface area contributed by atoms with E-state index in [0.717, 1.165) is 12.1 Å². The van der Waals surface area contributed by atoms with Gasteiger partial charge in [0.05, 0.1) is 0 Å². The molecule has 0 aromatic carbocycles. The molecule has 0 saturated heterocycles. The van der Waals surface area contributed by atoms with Gasteiger partial charge in [-0.05, 0) is 19.2 Å². The summed E-state index contributed by atoms with van der Waals surface area (Å²) in [6.07, 6.45) is 2.24. The minimum Gasteiger partial charge on any atom is -0.289 e. The van der Waals surface area contributed by atoms with Crippen molar-refractivity contribution in [2.24, 2.45) is 4.99 Å². The molecule has 2 nitrogen and oxygen atoms in total. The van der Waals surface area contributed by atoms with E-state index in [0.29, 0.717) is 0 Å². The average molecular weight is 145 g/mol. The lowest BCUT2D eigenvalue weighted by Crippen LogP contribution is -1.80. The smallest absolute Gasteiger partial charge is 0.122 e. The van der Waals surface area contributed by atoms with Crippen molar-refractivity contribution in [2.75, 3.05) is 0 Å². The van der Waals surface area contributed by atoms with Crippen molar-refractivity contribution in [3.63, 3.8) is 0 Å². The third-order valence-electron chi connectivity index (χ3n) is 0.859. The van der Waals surface area contributed by atoms with Crippen LogP contribution in [0.4, 0.5) is 0 Å². The Morgan fingerprint density at radius 2 is 2.44 bits per heavy atom. The Bertz CT molecular complexity index is 149. The van der Waals surface area contributed by atoms with Gasteiger partial charge in [0, 0.05) is 5.70 Å². The van der Waals surface area contributed by atoms with Gasteiger partial charge in [0.15, 0.2) is 0 Å².